The van der Waals surface area contributed by atoms with Gasteiger partial charge in [0.25, 0.3) is 15.9 Å². The van der Waals surface area contributed by atoms with Crippen molar-refractivity contribution in [3.05, 3.63) is 89.5 Å². The second-order valence-electron chi connectivity index (χ2n) is 8.01. The molecule has 7 nitrogen and oxygen atoms in total. The van der Waals surface area contributed by atoms with E-state index in [0.717, 1.165) is 21.9 Å². The van der Waals surface area contributed by atoms with Crippen LogP contribution in [0.2, 0.25) is 0 Å². The van der Waals surface area contributed by atoms with E-state index < -0.39 is 22.5 Å². The summed E-state index contributed by atoms with van der Waals surface area (Å²) in [5.74, 6) is -0.868. The van der Waals surface area contributed by atoms with Gasteiger partial charge in [0.05, 0.1) is 21.8 Å². The molecule has 3 aromatic carbocycles. The Labute approximate surface area is 200 Å². The van der Waals surface area contributed by atoms with Crippen molar-refractivity contribution >= 4 is 33.2 Å². The first-order chi connectivity index (χ1) is 16.2. The van der Waals surface area contributed by atoms with Gasteiger partial charge in [-0.05, 0) is 56.7 Å². The van der Waals surface area contributed by atoms with Crippen molar-refractivity contribution in [1.82, 2.24) is 5.32 Å². The van der Waals surface area contributed by atoms with Crippen LogP contribution >= 0.6 is 0 Å². The number of carbonyl (C=O) groups is 2. The lowest BCUT2D eigenvalue weighted by Crippen LogP contribution is -2.38. The Morgan fingerprint density at radius 2 is 1.44 bits per heavy atom. The van der Waals surface area contributed by atoms with Crippen molar-refractivity contribution in [2.75, 3.05) is 22.7 Å². The van der Waals surface area contributed by atoms with Crippen LogP contribution in [0.5, 0.6) is 0 Å². The molecule has 0 radical (unpaired) electrons. The van der Waals surface area contributed by atoms with Crippen LogP contribution in [0.3, 0.4) is 0 Å². The number of aryl methyl sites for hydroxylation is 2. The highest BCUT2D eigenvalue weighted by Gasteiger charge is 2.27. The zero-order valence-electron chi connectivity index (χ0n) is 19.5. The van der Waals surface area contributed by atoms with Gasteiger partial charge in [-0.1, -0.05) is 54.4 Å². The lowest BCUT2D eigenvalue weighted by Gasteiger charge is -2.24. The molecule has 178 valence electrons. The number of rotatable bonds is 9. The molecule has 0 atom stereocenters. The molecule has 3 aromatic rings. The van der Waals surface area contributed by atoms with Crippen molar-refractivity contribution in [3.63, 3.8) is 0 Å². The molecule has 0 saturated heterocycles. The molecule has 0 aliphatic heterocycles. The smallest absolute Gasteiger partial charge is 0.264 e. The normalized spacial score (nSPS) is 11.0. The number of nitrogens with zero attached hydrogens (tertiary/aromatic N) is 1. The average molecular weight is 480 g/mol. The number of carbonyl (C=O) groups excluding carboxylic acids is 2. The van der Waals surface area contributed by atoms with E-state index in [9.17, 15) is 18.0 Å². The summed E-state index contributed by atoms with van der Waals surface area (Å²) >= 11 is 0. The van der Waals surface area contributed by atoms with E-state index in [1.165, 1.54) is 12.1 Å². The SMILES string of the molecule is CCCNC(=O)c1ccccc1NC(=O)CN(c1ccc(C)cc1)S(=O)(=O)c1ccc(C)cc1. The lowest BCUT2D eigenvalue weighted by molar-refractivity contribution is -0.114. The van der Waals surface area contributed by atoms with Gasteiger partial charge in [-0.2, -0.15) is 0 Å². The topological polar surface area (TPSA) is 95.6 Å². The Morgan fingerprint density at radius 1 is 0.853 bits per heavy atom. The summed E-state index contributed by atoms with van der Waals surface area (Å²) in [7, 11) is -4.02. The van der Waals surface area contributed by atoms with Gasteiger partial charge in [-0.3, -0.25) is 13.9 Å². The van der Waals surface area contributed by atoms with Gasteiger partial charge in [0.15, 0.2) is 0 Å². The van der Waals surface area contributed by atoms with Gasteiger partial charge in [0, 0.05) is 6.54 Å². The maximum Gasteiger partial charge on any atom is 0.264 e. The molecule has 0 aromatic heterocycles. The summed E-state index contributed by atoms with van der Waals surface area (Å²) in [5, 5.41) is 5.49. The summed E-state index contributed by atoms with van der Waals surface area (Å²) in [6.07, 6.45) is 0.780. The molecular formula is C26H29N3O4S. The molecule has 8 heteroatoms. The van der Waals surface area contributed by atoms with Crippen LogP contribution in [0.1, 0.15) is 34.8 Å². The molecule has 34 heavy (non-hydrogen) atoms. The second-order valence-corrected chi connectivity index (χ2v) is 9.87. The summed E-state index contributed by atoms with van der Waals surface area (Å²) in [5.41, 5.74) is 2.89. The summed E-state index contributed by atoms with van der Waals surface area (Å²) < 4.78 is 28.1. The third kappa shape index (κ3) is 6.02. The maximum absolute atomic E-state index is 13.5. The maximum atomic E-state index is 13.5. The number of benzene rings is 3. The molecule has 0 unspecified atom stereocenters. The van der Waals surface area contributed by atoms with Crippen LogP contribution in [-0.2, 0) is 14.8 Å². The number of hydrogen-bond donors (Lipinski definition) is 2. The molecule has 0 fully saturated rings. The Hall–Kier alpha value is -3.65. The number of sulfonamides is 1. The van der Waals surface area contributed by atoms with Gasteiger partial charge < -0.3 is 10.6 Å². The zero-order chi connectivity index (χ0) is 24.7. The number of amides is 2. The lowest BCUT2D eigenvalue weighted by atomic mass is 10.1. The van der Waals surface area contributed by atoms with Gasteiger partial charge in [0.2, 0.25) is 5.91 Å². The average Bonchev–Trinajstić information content (AvgIpc) is 2.82. The van der Waals surface area contributed by atoms with E-state index in [1.807, 2.05) is 20.8 Å². The van der Waals surface area contributed by atoms with E-state index in [2.05, 4.69) is 10.6 Å². The van der Waals surface area contributed by atoms with Crippen LogP contribution in [0, 0.1) is 13.8 Å². The largest absolute Gasteiger partial charge is 0.352 e. The Morgan fingerprint density at radius 3 is 2.06 bits per heavy atom. The minimum absolute atomic E-state index is 0.0887. The summed E-state index contributed by atoms with van der Waals surface area (Å²) in [4.78, 5) is 25.6. The van der Waals surface area contributed by atoms with Crippen LogP contribution in [0.15, 0.2) is 77.7 Å². The van der Waals surface area contributed by atoms with Crippen molar-refractivity contribution in [2.24, 2.45) is 0 Å². The minimum atomic E-state index is -4.02. The van der Waals surface area contributed by atoms with Crippen molar-refractivity contribution < 1.29 is 18.0 Å². The van der Waals surface area contributed by atoms with Crippen LogP contribution in [-0.4, -0.2) is 33.3 Å². The van der Waals surface area contributed by atoms with Gasteiger partial charge in [-0.25, -0.2) is 8.42 Å². The number of hydrogen-bond acceptors (Lipinski definition) is 4. The van der Waals surface area contributed by atoms with Gasteiger partial charge in [-0.15, -0.1) is 0 Å². The number of anilines is 2. The van der Waals surface area contributed by atoms with Crippen LogP contribution < -0.4 is 14.9 Å². The monoisotopic (exact) mass is 479 g/mol. The van der Waals surface area contributed by atoms with E-state index in [1.54, 1.807) is 60.7 Å². The van der Waals surface area contributed by atoms with Crippen LogP contribution in [0.4, 0.5) is 11.4 Å². The molecule has 0 saturated carbocycles. The minimum Gasteiger partial charge on any atom is -0.352 e. The highest BCUT2D eigenvalue weighted by Crippen LogP contribution is 2.25. The first kappa shape index (κ1) is 25.0. The standard InChI is InChI=1S/C26H29N3O4S/c1-4-17-27-26(31)23-7-5-6-8-24(23)28-25(30)18-29(21-13-9-19(2)10-14-21)34(32,33)22-15-11-20(3)12-16-22/h5-16H,4,17-18H2,1-3H3,(H,27,31)(H,28,30). The predicted molar refractivity (Wildman–Crippen MR) is 135 cm³/mol. The van der Waals surface area contributed by atoms with Crippen molar-refractivity contribution in [2.45, 2.75) is 32.1 Å². The summed E-state index contributed by atoms with van der Waals surface area (Å²) in [6.45, 7) is 5.77. The molecule has 0 heterocycles. The Balaban J connectivity index is 1.91. The van der Waals surface area contributed by atoms with E-state index in [4.69, 9.17) is 0 Å². The molecule has 0 bridgehead atoms. The molecular weight excluding hydrogens is 450 g/mol. The van der Waals surface area contributed by atoms with Gasteiger partial charge >= 0.3 is 0 Å². The molecule has 0 aliphatic carbocycles. The zero-order valence-corrected chi connectivity index (χ0v) is 20.4. The predicted octanol–water partition coefficient (Wildman–Crippen LogP) is 4.28. The molecule has 2 amide bonds. The highest BCUT2D eigenvalue weighted by atomic mass is 32.2. The molecule has 3 rings (SSSR count). The molecule has 2 N–H and O–H groups in total. The first-order valence-electron chi connectivity index (χ1n) is 11.1. The molecule has 0 aliphatic rings. The Bertz CT molecular complexity index is 1250. The number of nitrogens with one attached hydrogen (secondary N) is 2. The fourth-order valence-corrected chi connectivity index (χ4v) is 4.73. The quantitative estimate of drug-likeness (QED) is 0.479. The third-order valence-corrected chi connectivity index (χ3v) is 6.99. The van der Waals surface area contributed by atoms with E-state index >= 15 is 0 Å². The summed E-state index contributed by atoms with van der Waals surface area (Å²) in [6, 6.07) is 20.0. The van der Waals surface area contributed by atoms with E-state index in [-0.39, 0.29) is 10.8 Å². The third-order valence-electron chi connectivity index (χ3n) is 5.20. The van der Waals surface area contributed by atoms with Crippen LogP contribution in [0.25, 0.3) is 0 Å². The van der Waals surface area contributed by atoms with Crippen molar-refractivity contribution in [1.29, 1.82) is 0 Å². The van der Waals surface area contributed by atoms with E-state index in [0.29, 0.717) is 23.5 Å². The second kappa shape index (κ2) is 11.0. The van der Waals surface area contributed by atoms with Gasteiger partial charge in [0.1, 0.15) is 6.54 Å². The first-order valence-corrected chi connectivity index (χ1v) is 12.5. The molecule has 0 spiro atoms. The van der Waals surface area contributed by atoms with Crippen molar-refractivity contribution in [3.8, 4) is 0 Å². The fraction of sp³-hybridized carbons (Fsp3) is 0.231. The fourth-order valence-electron chi connectivity index (χ4n) is 3.31. The Kier molecular flexibility index (Phi) is 8.07. The highest BCUT2D eigenvalue weighted by molar-refractivity contribution is 7.92. The number of para-hydroxylation sites is 1.